The van der Waals surface area contributed by atoms with Gasteiger partial charge in [-0.05, 0) is 19.8 Å². The maximum atomic E-state index is 9.27. The molecule has 2 heterocycles. The molecule has 2 atom stereocenters. The third kappa shape index (κ3) is 1.96. The van der Waals surface area contributed by atoms with Gasteiger partial charge in [0, 0.05) is 6.61 Å². The Labute approximate surface area is 82.9 Å². The predicted octanol–water partition coefficient (Wildman–Crippen LogP) is 1.62. The van der Waals surface area contributed by atoms with Crippen LogP contribution in [0.2, 0.25) is 0 Å². The van der Waals surface area contributed by atoms with E-state index in [-0.39, 0.29) is 5.92 Å². The molecule has 0 aliphatic carbocycles. The van der Waals surface area contributed by atoms with Crippen molar-refractivity contribution < 1.29 is 14.3 Å². The molecule has 0 spiro atoms. The van der Waals surface area contributed by atoms with E-state index < -0.39 is 6.10 Å². The van der Waals surface area contributed by atoms with Gasteiger partial charge in [-0.1, -0.05) is 0 Å². The molecule has 1 aromatic heterocycles. The molecule has 4 heteroatoms. The van der Waals surface area contributed by atoms with E-state index in [9.17, 15) is 5.11 Å². The molecule has 1 aliphatic heterocycles. The minimum Gasteiger partial charge on any atom is -0.443 e. The highest BCUT2D eigenvalue weighted by molar-refractivity contribution is 5.01. The Morgan fingerprint density at radius 3 is 3.07 bits per heavy atom. The lowest BCUT2D eigenvalue weighted by Crippen LogP contribution is -2.15. The van der Waals surface area contributed by atoms with Gasteiger partial charge in [-0.25, -0.2) is 4.98 Å². The van der Waals surface area contributed by atoms with Gasteiger partial charge in [-0.2, -0.15) is 0 Å². The first kappa shape index (κ1) is 9.68. The lowest BCUT2D eigenvalue weighted by Gasteiger charge is -2.18. The Balaban J connectivity index is 2.07. The molecule has 14 heavy (non-hydrogen) atoms. The fourth-order valence-corrected chi connectivity index (χ4v) is 1.62. The van der Waals surface area contributed by atoms with Crippen molar-refractivity contribution >= 4 is 0 Å². The van der Waals surface area contributed by atoms with Crippen molar-refractivity contribution in [1.82, 2.24) is 4.98 Å². The number of aliphatic hydroxyl groups is 1. The molecule has 0 aromatic carbocycles. The first-order valence-electron chi connectivity index (χ1n) is 4.99. The number of aliphatic hydroxyl groups excluding tert-OH is 1. The van der Waals surface area contributed by atoms with E-state index in [2.05, 4.69) is 4.98 Å². The lowest BCUT2D eigenvalue weighted by atomic mass is 10.0. The van der Waals surface area contributed by atoms with Crippen molar-refractivity contribution in [2.75, 3.05) is 13.2 Å². The molecular weight excluding hydrogens is 182 g/mol. The van der Waals surface area contributed by atoms with Gasteiger partial charge in [0.05, 0.1) is 18.7 Å². The van der Waals surface area contributed by atoms with E-state index in [1.165, 1.54) is 0 Å². The van der Waals surface area contributed by atoms with E-state index >= 15 is 0 Å². The quantitative estimate of drug-likeness (QED) is 0.782. The Morgan fingerprint density at radius 1 is 1.64 bits per heavy atom. The van der Waals surface area contributed by atoms with Gasteiger partial charge >= 0.3 is 0 Å². The molecular formula is C10H15NO3. The number of rotatable bonds is 2. The monoisotopic (exact) mass is 197 g/mol. The Kier molecular flexibility index (Phi) is 2.84. The molecule has 1 fully saturated rings. The molecule has 1 N–H and O–H groups in total. The summed E-state index contributed by atoms with van der Waals surface area (Å²) in [5.74, 6) is 1.49. The van der Waals surface area contributed by atoms with Gasteiger partial charge < -0.3 is 14.3 Å². The number of ether oxygens (including phenoxy) is 1. The standard InChI is InChI=1S/C10H15NO3/c1-7(12)9-5-11-10(14-9)8-3-2-4-13-6-8/h5,7-8,12H,2-4,6H2,1H3. The van der Waals surface area contributed by atoms with E-state index in [1.54, 1.807) is 13.1 Å². The summed E-state index contributed by atoms with van der Waals surface area (Å²) in [4.78, 5) is 4.15. The summed E-state index contributed by atoms with van der Waals surface area (Å²) >= 11 is 0. The Hall–Kier alpha value is -0.870. The highest BCUT2D eigenvalue weighted by atomic mass is 16.5. The largest absolute Gasteiger partial charge is 0.443 e. The molecule has 0 amide bonds. The highest BCUT2D eigenvalue weighted by Gasteiger charge is 2.21. The SMILES string of the molecule is CC(O)c1cnc(C2CCCOC2)o1. The van der Waals surface area contributed by atoms with Gasteiger partial charge in [0.25, 0.3) is 0 Å². The van der Waals surface area contributed by atoms with Crippen molar-refractivity contribution in [1.29, 1.82) is 0 Å². The summed E-state index contributed by atoms with van der Waals surface area (Å²) in [6.07, 6.45) is 3.12. The molecule has 0 saturated carbocycles. The van der Waals surface area contributed by atoms with Crippen LogP contribution in [0.15, 0.2) is 10.6 Å². The van der Waals surface area contributed by atoms with Crippen molar-refractivity contribution in [3.63, 3.8) is 0 Å². The van der Waals surface area contributed by atoms with Crippen LogP contribution in [0, 0.1) is 0 Å². The van der Waals surface area contributed by atoms with E-state index in [0.717, 1.165) is 19.4 Å². The van der Waals surface area contributed by atoms with Gasteiger partial charge in [-0.15, -0.1) is 0 Å². The zero-order valence-electron chi connectivity index (χ0n) is 8.27. The molecule has 1 saturated heterocycles. The molecule has 4 nitrogen and oxygen atoms in total. The average Bonchev–Trinajstić information content (AvgIpc) is 2.68. The number of oxazole rings is 1. The van der Waals surface area contributed by atoms with Gasteiger partial charge in [0.15, 0.2) is 11.7 Å². The third-order valence-electron chi connectivity index (χ3n) is 2.46. The van der Waals surface area contributed by atoms with Crippen LogP contribution in [0.4, 0.5) is 0 Å². The van der Waals surface area contributed by atoms with Gasteiger partial charge in [0.1, 0.15) is 6.10 Å². The van der Waals surface area contributed by atoms with Crippen molar-refractivity contribution in [2.24, 2.45) is 0 Å². The predicted molar refractivity (Wildman–Crippen MR) is 49.9 cm³/mol. The zero-order valence-corrected chi connectivity index (χ0v) is 8.27. The summed E-state index contributed by atoms with van der Waals surface area (Å²) in [6.45, 7) is 3.18. The normalized spacial score (nSPS) is 24.9. The van der Waals surface area contributed by atoms with E-state index in [4.69, 9.17) is 9.15 Å². The summed E-state index contributed by atoms with van der Waals surface area (Å²) in [5.41, 5.74) is 0. The van der Waals surface area contributed by atoms with Crippen LogP contribution in [0.5, 0.6) is 0 Å². The topological polar surface area (TPSA) is 55.5 Å². The Morgan fingerprint density at radius 2 is 2.50 bits per heavy atom. The van der Waals surface area contributed by atoms with Crippen LogP contribution in [-0.4, -0.2) is 23.3 Å². The molecule has 1 aliphatic rings. The molecule has 0 bridgehead atoms. The minimum absolute atomic E-state index is 0.260. The molecule has 1 aromatic rings. The van der Waals surface area contributed by atoms with Crippen molar-refractivity contribution in [2.45, 2.75) is 31.8 Å². The fraction of sp³-hybridized carbons (Fsp3) is 0.700. The van der Waals surface area contributed by atoms with Crippen LogP contribution >= 0.6 is 0 Å². The van der Waals surface area contributed by atoms with Gasteiger partial charge in [0.2, 0.25) is 0 Å². The second-order valence-corrected chi connectivity index (χ2v) is 3.69. The molecule has 2 unspecified atom stereocenters. The van der Waals surface area contributed by atoms with Crippen LogP contribution in [-0.2, 0) is 4.74 Å². The minimum atomic E-state index is -0.583. The fourth-order valence-electron chi connectivity index (χ4n) is 1.62. The summed E-state index contributed by atoms with van der Waals surface area (Å²) in [6, 6.07) is 0. The summed E-state index contributed by atoms with van der Waals surface area (Å²) < 4.78 is 10.8. The first-order valence-corrected chi connectivity index (χ1v) is 4.99. The number of aromatic nitrogens is 1. The maximum Gasteiger partial charge on any atom is 0.199 e. The van der Waals surface area contributed by atoms with Crippen LogP contribution in [0.1, 0.15) is 43.4 Å². The van der Waals surface area contributed by atoms with Crippen molar-refractivity contribution in [3.05, 3.63) is 17.8 Å². The lowest BCUT2D eigenvalue weighted by molar-refractivity contribution is 0.0705. The van der Waals surface area contributed by atoms with Crippen molar-refractivity contribution in [3.8, 4) is 0 Å². The Bertz CT molecular complexity index is 289. The average molecular weight is 197 g/mol. The smallest absolute Gasteiger partial charge is 0.199 e. The van der Waals surface area contributed by atoms with Crippen LogP contribution in [0.3, 0.4) is 0 Å². The van der Waals surface area contributed by atoms with E-state index in [0.29, 0.717) is 18.3 Å². The maximum absolute atomic E-state index is 9.27. The number of hydrogen-bond donors (Lipinski definition) is 1. The summed E-state index contributed by atoms with van der Waals surface area (Å²) in [5, 5.41) is 9.27. The number of nitrogens with zero attached hydrogens (tertiary/aromatic N) is 1. The zero-order chi connectivity index (χ0) is 9.97. The number of hydrogen-bond acceptors (Lipinski definition) is 4. The summed E-state index contributed by atoms with van der Waals surface area (Å²) in [7, 11) is 0. The molecule has 0 radical (unpaired) electrons. The van der Waals surface area contributed by atoms with Crippen LogP contribution < -0.4 is 0 Å². The molecule has 78 valence electrons. The highest BCUT2D eigenvalue weighted by Crippen LogP contribution is 2.26. The van der Waals surface area contributed by atoms with Crippen LogP contribution in [0.25, 0.3) is 0 Å². The third-order valence-corrected chi connectivity index (χ3v) is 2.46. The first-order chi connectivity index (χ1) is 6.77. The second kappa shape index (κ2) is 4.11. The van der Waals surface area contributed by atoms with Gasteiger partial charge in [-0.3, -0.25) is 0 Å². The molecule has 2 rings (SSSR count). The second-order valence-electron chi connectivity index (χ2n) is 3.69. The van der Waals surface area contributed by atoms with E-state index in [1.807, 2.05) is 0 Å².